The minimum absolute atomic E-state index is 0.543. The number of aromatic nitrogens is 7. The van der Waals surface area contributed by atoms with Gasteiger partial charge in [0.1, 0.15) is 11.0 Å². The molecule has 0 spiro atoms. The van der Waals surface area contributed by atoms with Gasteiger partial charge >= 0.3 is 0 Å². The van der Waals surface area contributed by atoms with Gasteiger partial charge in [-0.2, -0.15) is 0 Å². The van der Waals surface area contributed by atoms with Crippen molar-refractivity contribution in [3.05, 3.63) is 128 Å². The minimum Gasteiger partial charge on any atom is -0.276 e. The highest BCUT2D eigenvalue weighted by atomic mass is 15.3. The van der Waals surface area contributed by atoms with Gasteiger partial charge in [-0.3, -0.25) is 4.40 Å². The predicted molar refractivity (Wildman–Crippen MR) is 176 cm³/mol. The zero-order valence-electron chi connectivity index (χ0n) is 23.3. The Morgan fingerprint density at radius 3 is 1.93 bits per heavy atom. The van der Waals surface area contributed by atoms with Gasteiger partial charge in [-0.15, -0.1) is 0 Å². The molecule has 4 heterocycles. The highest BCUT2D eigenvalue weighted by Crippen LogP contribution is 2.36. The van der Waals surface area contributed by atoms with E-state index in [0.29, 0.717) is 11.8 Å². The Morgan fingerprint density at radius 1 is 0.455 bits per heavy atom. The Bertz CT molecular complexity index is 2790. The lowest BCUT2D eigenvalue weighted by atomic mass is 10.0. The zero-order chi connectivity index (χ0) is 28.8. The van der Waals surface area contributed by atoms with Crippen molar-refractivity contribution in [2.45, 2.75) is 0 Å². The van der Waals surface area contributed by atoms with Crippen LogP contribution in [0.4, 0.5) is 0 Å². The van der Waals surface area contributed by atoms with E-state index in [1.807, 2.05) is 59.4 Å². The maximum absolute atomic E-state index is 5.27. The van der Waals surface area contributed by atoms with Crippen molar-refractivity contribution in [2.75, 3.05) is 0 Å². The molecule has 44 heavy (non-hydrogen) atoms. The molecule has 10 aromatic rings. The summed E-state index contributed by atoms with van der Waals surface area (Å²) in [6.45, 7) is 0. The number of hydrogen-bond donors (Lipinski definition) is 0. The second-order valence-electron chi connectivity index (χ2n) is 11.0. The first-order chi connectivity index (χ1) is 21.8. The fraction of sp³-hybridized carbons (Fsp3) is 0. The minimum atomic E-state index is 0.543. The molecule has 0 saturated heterocycles. The van der Waals surface area contributed by atoms with Gasteiger partial charge in [-0.05, 0) is 45.8 Å². The standard InChI is InChI=1S/C37H21N7/c1-2-12-23-22(10-1)11-9-15-26(23)35-38-20-27-24-13-3-4-14-25(24)28-21-39-36(42-34(28)33(27)41-35)44-32-19-8-7-18-31(32)43-30-17-6-5-16-29(30)40-37(43)44/h1-21H. The Kier molecular flexibility index (Phi) is 4.60. The van der Waals surface area contributed by atoms with E-state index in [1.54, 1.807) is 0 Å². The van der Waals surface area contributed by atoms with Crippen LogP contribution in [0.5, 0.6) is 0 Å². The van der Waals surface area contributed by atoms with Crippen LogP contribution < -0.4 is 0 Å². The monoisotopic (exact) mass is 563 g/mol. The van der Waals surface area contributed by atoms with Crippen LogP contribution >= 0.6 is 0 Å². The third kappa shape index (κ3) is 3.12. The van der Waals surface area contributed by atoms with E-state index in [1.165, 1.54) is 0 Å². The molecule has 204 valence electrons. The summed E-state index contributed by atoms with van der Waals surface area (Å²) in [7, 11) is 0. The van der Waals surface area contributed by atoms with Gasteiger partial charge in [0.25, 0.3) is 0 Å². The van der Waals surface area contributed by atoms with E-state index in [0.717, 1.165) is 76.8 Å². The lowest BCUT2D eigenvalue weighted by Crippen LogP contribution is -2.03. The van der Waals surface area contributed by atoms with E-state index in [-0.39, 0.29) is 0 Å². The maximum atomic E-state index is 5.27. The molecule has 0 radical (unpaired) electrons. The van der Waals surface area contributed by atoms with Crippen molar-refractivity contribution in [1.82, 2.24) is 33.9 Å². The van der Waals surface area contributed by atoms with Crippen molar-refractivity contribution in [1.29, 1.82) is 0 Å². The number of rotatable bonds is 2. The van der Waals surface area contributed by atoms with Gasteiger partial charge in [0.15, 0.2) is 5.82 Å². The second kappa shape index (κ2) is 8.65. The van der Waals surface area contributed by atoms with E-state index in [4.69, 9.17) is 24.9 Å². The first-order valence-corrected chi connectivity index (χ1v) is 14.5. The summed E-state index contributed by atoms with van der Waals surface area (Å²) < 4.78 is 4.22. The average Bonchev–Trinajstić information content (AvgIpc) is 3.62. The Morgan fingerprint density at radius 2 is 1.09 bits per heavy atom. The lowest BCUT2D eigenvalue weighted by molar-refractivity contribution is 0.985. The summed E-state index contributed by atoms with van der Waals surface area (Å²) in [6.07, 6.45) is 3.86. The van der Waals surface area contributed by atoms with Gasteiger partial charge in [-0.25, -0.2) is 29.5 Å². The molecule has 0 unspecified atom stereocenters. The number of fused-ring (bicyclic) bond motifs is 12. The number of benzene rings is 6. The van der Waals surface area contributed by atoms with Crippen molar-refractivity contribution < 1.29 is 0 Å². The van der Waals surface area contributed by atoms with Gasteiger partial charge in [0.2, 0.25) is 11.7 Å². The molecule has 0 fully saturated rings. The lowest BCUT2D eigenvalue weighted by Gasteiger charge is -2.12. The highest BCUT2D eigenvalue weighted by Gasteiger charge is 2.20. The predicted octanol–water partition coefficient (Wildman–Crippen LogP) is 8.29. The van der Waals surface area contributed by atoms with Crippen LogP contribution in [0, 0.1) is 0 Å². The maximum Gasteiger partial charge on any atom is 0.237 e. The van der Waals surface area contributed by atoms with Crippen LogP contribution in [0.3, 0.4) is 0 Å². The molecule has 0 atom stereocenters. The Labute approximate surface area is 249 Å². The van der Waals surface area contributed by atoms with E-state index in [9.17, 15) is 0 Å². The fourth-order valence-electron chi connectivity index (χ4n) is 6.67. The van der Waals surface area contributed by atoms with Gasteiger partial charge in [0.05, 0.1) is 22.1 Å². The Hall–Kier alpha value is -6.21. The second-order valence-corrected chi connectivity index (χ2v) is 11.0. The molecule has 0 aliphatic rings. The molecule has 0 aliphatic carbocycles. The molecule has 4 aromatic heterocycles. The van der Waals surface area contributed by atoms with Crippen LogP contribution in [0.15, 0.2) is 128 Å². The zero-order valence-corrected chi connectivity index (χ0v) is 23.3. The van der Waals surface area contributed by atoms with Crippen molar-refractivity contribution in [3.8, 4) is 17.3 Å². The molecular weight excluding hydrogens is 542 g/mol. The quantitative estimate of drug-likeness (QED) is 0.198. The van der Waals surface area contributed by atoms with Crippen molar-refractivity contribution in [2.24, 2.45) is 0 Å². The topological polar surface area (TPSA) is 73.8 Å². The number of imidazole rings is 2. The first kappa shape index (κ1) is 23.4. The van der Waals surface area contributed by atoms with Crippen LogP contribution in [0.25, 0.3) is 88.5 Å². The molecule has 0 N–H and O–H groups in total. The van der Waals surface area contributed by atoms with Crippen LogP contribution in [-0.2, 0) is 0 Å². The van der Waals surface area contributed by atoms with E-state index < -0.39 is 0 Å². The molecule has 6 aromatic carbocycles. The molecule has 7 nitrogen and oxygen atoms in total. The summed E-state index contributed by atoms with van der Waals surface area (Å²) in [5, 5.41) is 6.30. The van der Waals surface area contributed by atoms with E-state index >= 15 is 0 Å². The van der Waals surface area contributed by atoms with Crippen LogP contribution in [-0.4, -0.2) is 33.9 Å². The van der Waals surface area contributed by atoms with Gasteiger partial charge < -0.3 is 0 Å². The van der Waals surface area contributed by atoms with E-state index in [2.05, 4.69) is 77.2 Å². The number of para-hydroxylation sites is 4. The summed E-state index contributed by atoms with van der Waals surface area (Å²) in [4.78, 5) is 25.4. The molecule has 0 aliphatic heterocycles. The molecule has 10 rings (SSSR count). The van der Waals surface area contributed by atoms with Crippen molar-refractivity contribution >= 4 is 71.2 Å². The molecule has 7 heteroatoms. The van der Waals surface area contributed by atoms with Gasteiger partial charge in [0, 0.05) is 28.7 Å². The first-order valence-electron chi connectivity index (χ1n) is 14.5. The molecule has 0 amide bonds. The van der Waals surface area contributed by atoms with Crippen molar-refractivity contribution in [3.63, 3.8) is 0 Å². The summed E-state index contributed by atoms with van der Waals surface area (Å²) in [5.74, 6) is 1.98. The smallest absolute Gasteiger partial charge is 0.237 e. The number of nitrogens with zero attached hydrogens (tertiary/aromatic N) is 7. The summed E-state index contributed by atoms with van der Waals surface area (Å²) in [6, 6.07) is 39.4. The summed E-state index contributed by atoms with van der Waals surface area (Å²) >= 11 is 0. The number of hydrogen-bond acceptors (Lipinski definition) is 5. The normalized spacial score (nSPS) is 12.1. The van der Waals surface area contributed by atoms with Gasteiger partial charge in [-0.1, -0.05) is 91.0 Å². The highest BCUT2D eigenvalue weighted by molar-refractivity contribution is 6.23. The van der Waals surface area contributed by atoms with Crippen LogP contribution in [0.1, 0.15) is 0 Å². The molecule has 0 saturated carbocycles. The Balaban J connectivity index is 1.32. The third-order valence-electron chi connectivity index (χ3n) is 8.63. The SMILES string of the molecule is c1ccc2c(-c3ncc4c5ccccc5c5cnc(-n6c7ccccc7n7c8ccccc8nc67)nc5c4n3)cccc2c1. The average molecular weight is 564 g/mol. The third-order valence-corrected chi connectivity index (χ3v) is 8.63. The largest absolute Gasteiger partial charge is 0.276 e. The summed E-state index contributed by atoms with van der Waals surface area (Å²) in [5.41, 5.74) is 6.55. The fourth-order valence-corrected chi connectivity index (χ4v) is 6.67. The molecule has 0 bridgehead atoms. The van der Waals surface area contributed by atoms with Crippen LogP contribution in [0.2, 0.25) is 0 Å². The molecular formula is C37H21N7.